The fourth-order valence-corrected chi connectivity index (χ4v) is 5.62. The summed E-state index contributed by atoms with van der Waals surface area (Å²) in [5.74, 6) is 2.95. The Balaban J connectivity index is 1.59. The number of aryl methyl sites for hydroxylation is 2. The maximum atomic E-state index is 13.6. The number of carbonyl (C=O) groups is 1. The minimum absolute atomic E-state index is 0.0248. The Morgan fingerprint density at radius 2 is 1.60 bits per heavy atom. The Bertz CT molecular complexity index is 1560. The minimum Gasteiger partial charge on any atom is -0.493 e. The third-order valence-corrected chi connectivity index (χ3v) is 7.59. The number of fused-ring (bicyclic) bond motifs is 1. The first-order valence-electron chi connectivity index (χ1n) is 13.2. The molecule has 210 valence electrons. The number of allylic oxidation sites excluding steroid dienone is 2. The lowest BCUT2D eigenvalue weighted by molar-refractivity contribution is -0.118. The van der Waals surface area contributed by atoms with Crippen molar-refractivity contribution in [3.63, 3.8) is 0 Å². The van der Waals surface area contributed by atoms with Crippen LogP contribution in [0.5, 0.6) is 28.9 Å². The predicted octanol–water partition coefficient (Wildman–Crippen LogP) is 4.81. The van der Waals surface area contributed by atoms with Crippen LogP contribution < -0.4 is 29.2 Å². The van der Waals surface area contributed by atoms with Crippen LogP contribution in [0.15, 0.2) is 54.1 Å². The van der Waals surface area contributed by atoms with Crippen LogP contribution in [0.4, 0.5) is 0 Å². The minimum atomic E-state index is -0.518. The number of benzene rings is 2. The Kier molecular flexibility index (Phi) is 7.31. The van der Waals surface area contributed by atoms with Gasteiger partial charge in [0, 0.05) is 25.0 Å². The molecular formula is C31H35N3O6. The molecule has 0 bridgehead atoms. The first kappa shape index (κ1) is 27.3. The smallest absolute Gasteiger partial charge is 0.228 e. The number of rotatable bonds is 8. The van der Waals surface area contributed by atoms with Gasteiger partial charge in [0.2, 0.25) is 5.88 Å². The Hall–Kier alpha value is -4.27. The van der Waals surface area contributed by atoms with E-state index in [-0.39, 0.29) is 16.7 Å². The van der Waals surface area contributed by atoms with Crippen LogP contribution >= 0.6 is 0 Å². The van der Waals surface area contributed by atoms with Crippen LogP contribution in [-0.2, 0) is 17.8 Å². The monoisotopic (exact) mass is 545 g/mol. The van der Waals surface area contributed by atoms with Crippen LogP contribution in [0.1, 0.15) is 49.3 Å². The molecule has 0 unspecified atom stereocenters. The molecule has 1 aliphatic carbocycles. The van der Waals surface area contributed by atoms with Gasteiger partial charge in [-0.1, -0.05) is 26.0 Å². The van der Waals surface area contributed by atoms with Crippen LogP contribution in [-0.4, -0.2) is 43.8 Å². The fourth-order valence-electron chi connectivity index (χ4n) is 5.62. The van der Waals surface area contributed by atoms with Crippen molar-refractivity contribution in [2.75, 3.05) is 28.4 Å². The lowest BCUT2D eigenvalue weighted by Gasteiger charge is -2.38. The molecule has 0 saturated carbocycles. The number of ether oxygens (including phenoxy) is 5. The molecule has 0 saturated heterocycles. The second-order valence-corrected chi connectivity index (χ2v) is 10.9. The highest BCUT2D eigenvalue weighted by molar-refractivity contribution is 6.00. The molecule has 9 nitrogen and oxygen atoms in total. The average molecular weight is 546 g/mol. The molecule has 2 aromatic carbocycles. The van der Waals surface area contributed by atoms with Crippen molar-refractivity contribution in [2.45, 2.75) is 45.6 Å². The molecule has 40 heavy (non-hydrogen) atoms. The number of nitrogens with zero attached hydrogens (tertiary/aromatic N) is 2. The number of hydrogen-bond donors (Lipinski definition) is 1. The molecule has 0 fully saturated rings. The van der Waals surface area contributed by atoms with Gasteiger partial charge in [-0.05, 0) is 47.2 Å². The van der Waals surface area contributed by atoms with Crippen molar-refractivity contribution < 1.29 is 28.5 Å². The van der Waals surface area contributed by atoms with E-state index in [1.165, 1.54) is 0 Å². The second-order valence-electron chi connectivity index (χ2n) is 10.9. The summed E-state index contributed by atoms with van der Waals surface area (Å²) >= 11 is 0. The van der Waals surface area contributed by atoms with E-state index in [1.54, 1.807) is 39.3 Å². The third-order valence-electron chi connectivity index (χ3n) is 7.59. The first-order valence-corrected chi connectivity index (χ1v) is 13.2. The normalized spacial score (nSPS) is 17.4. The molecule has 1 aromatic heterocycles. The highest BCUT2D eigenvalue weighted by Crippen LogP contribution is 2.49. The van der Waals surface area contributed by atoms with Crippen molar-refractivity contribution in [1.82, 2.24) is 9.55 Å². The molecule has 9 heteroatoms. The Morgan fingerprint density at radius 3 is 2.27 bits per heavy atom. The Labute approximate surface area is 233 Å². The molecular weight excluding hydrogens is 510 g/mol. The van der Waals surface area contributed by atoms with Gasteiger partial charge in [-0.2, -0.15) is 0 Å². The van der Waals surface area contributed by atoms with E-state index in [0.29, 0.717) is 71.6 Å². The molecule has 3 aromatic rings. The molecule has 0 spiro atoms. The summed E-state index contributed by atoms with van der Waals surface area (Å²) in [7, 11) is 6.38. The average Bonchev–Trinajstić information content (AvgIpc) is 2.94. The zero-order chi connectivity index (χ0) is 28.6. The zero-order valence-corrected chi connectivity index (χ0v) is 23.8. The van der Waals surface area contributed by atoms with E-state index in [0.717, 1.165) is 11.1 Å². The number of ketones is 1. The van der Waals surface area contributed by atoms with Crippen molar-refractivity contribution in [2.24, 2.45) is 5.41 Å². The van der Waals surface area contributed by atoms with Crippen molar-refractivity contribution in [1.29, 1.82) is 5.41 Å². The number of aromatic nitrogens is 2. The summed E-state index contributed by atoms with van der Waals surface area (Å²) in [5.41, 5.74) is 3.02. The van der Waals surface area contributed by atoms with Gasteiger partial charge >= 0.3 is 0 Å². The highest BCUT2D eigenvalue weighted by Gasteiger charge is 2.43. The summed E-state index contributed by atoms with van der Waals surface area (Å²) in [6, 6.07) is 11.4. The van der Waals surface area contributed by atoms with Gasteiger partial charge in [0.15, 0.2) is 28.8 Å². The van der Waals surface area contributed by atoms with E-state index < -0.39 is 5.92 Å². The molecule has 1 atom stereocenters. The van der Waals surface area contributed by atoms with Crippen LogP contribution in [0.25, 0.3) is 0 Å². The van der Waals surface area contributed by atoms with Gasteiger partial charge in [0.1, 0.15) is 17.6 Å². The summed E-state index contributed by atoms with van der Waals surface area (Å²) < 4.78 is 29.9. The summed E-state index contributed by atoms with van der Waals surface area (Å²) in [5, 5.41) is 9.25. The lowest BCUT2D eigenvalue weighted by Crippen LogP contribution is -2.37. The van der Waals surface area contributed by atoms with Gasteiger partial charge < -0.3 is 28.3 Å². The number of carbonyl (C=O) groups excluding carboxylic acids is 1. The molecule has 2 heterocycles. The molecule has 0 amide bonds. The maximum absolute atomic E-state index is 13.6. The summed E-state index contributed by atoms with van der Waals surface area (Å²) in [6.07, 6.45) is 3.29. The van der Waals surface area contributed by atoms with Crippen molar-refractivity contribution in [3.8, 4) is 28.9 Å². The molecule has 2 aliphatic rings. The van der Waals surface area contributed by atoms with Gasteiger partial charge in [0.05, 0.1) is 39.9 Å². The van der Waals surface area contributed by atoms with Crippen LogP contribution in [0.3, 0.4) is 0 Å². The second kappa shape index (κ2) is 10.7. The van der Waals surface area contributed by atoms with E-state index >= 15 is 0 Å². The van der Waals surface area contributed by atoms with E-state index in [4.69, 9.17) is 23.7 Å². The number of methoxy groups -OCH3 is 4. The third kappa shape index (κ3) is 4.92. The summed E-state index contributed by atoms with van der Waals surface area (Å²) in [6.45, 7) is 4.63. The fraction of sp³-hybridized carbons (Fsp3) is 0.387. The van der Waals surface area contributed by atoms with Crippen molar-refractivity contribution in [3.05, 3.63) is 76.2 Å². The van der Waals surface area contributed by atoms with E-state index in [9.17, 15) is 10.2 Å². The largest absolute Gasteiger partial charge is 0.493 e. The van der Waals surface area contributed by atoms with Crippen molar-refractivity contribution >= 4 is 5.78 Å². The van der Waals surface area contributed by atoms with E-state index in [1.807, 2.05) is 36.4 Å². The number of Topliss-reactive ketones (excluding diaryl/α,β-unsaturated/α-hetero) is 1. The summed E-state index contributed by atoms with van der Waals surface area (Å²) in [4.78, 5) is 18.3. The Morgan fingerprint density at radius 1 is 0.950 bits per heavy atom. The van der Waals surface area contributed by atoms with E-state index in [2.05, 4.69) is 18.8 Å². The topological polar surface area (TPSA) is 105 Å². The lowest BCUT2D eigenvalue weighted by atomic mass is 9.70. The van der Waals surface area contributed by atoms with Gasteiger partial charge in [-0.3, -0.25) is 10.2 Å². The van der Waals surface area contributed by atoms with Crippen LogP contribution in [0.2, 0.25) is 0 Å². The SMILES string of the molecule is COc1ccc(CCn2cnc3c(c2=N)[C@H](c2ccc(OC)c(OC)c2)C2=C(CC(C)(C)CC2=O)O3)cc1OC. The molecule has 5 rings (SSSR count). The maximum Gasteiger partial charge on any atom is 0.228 e. The highest BCUT2D eigenvalue weighted by atomic mass is 16.5. The quantitative estimate of drug-likeness (QED) is 0.433. The standard InChI is InChI=1S/C31H35N3O6/c1-31(2)15-20(35)27-25(16-31)40-30-28(26(27)19-8-10-22(37-4)24(14-19)39-6)29(32)34(17-33-30)12-11-18-7-9-21(36-3)23(13-18)38-5/h7-10,13-14,17,26,32H,11-12,15-16H2,1-6H3/t26-/m1/s1. The zero-order valence-electron chi connectivity index (χ0n) is 23.8. The number of hydrogen-bond acceptors (Lipinski definition) is 8. The molecule has 1 aliphatic heterocycles. The van der Waals surface area contributed by atoms with Gasteiger partial charge in [-0.25, -0.2) is 4.98 Å². The van der Waals surface area contributed by atoms with Crippen LogP contribution in [0, 0.1) is 10.8 Å². The van der Waals surface area contributed by atoms with Gasteiger partial charge in [-0.15, -0.1) is 0 Å². The molecule has 1 N–H and O–H groups in total. The number of nitrogens with one attached hydrogen (secondary N) is 1. The predicted molar refractivity (Wildman–Crippen MR) is 148 cm³/mol. The molecule has 0 radical (unpaired) electrons. The first-order chi connectivity index (χ1) is 19.2. The van der Waals surface area contributed by atoms with Gasteiger partial charge in [0.25, 0.3) is 0 Å².